The summed E-state index contributed by atoms with van der Waals surface area (Å²) >= 11 is 6.14. The van der Waals surface area contributed by atoms with Crippen molar-refractivity contribution in [2.24, 2.45) is 0 Å². The average Bonchev–Trinajstić information content (AvgIpc) is 3.11. The first-order chi connectivity index (χ1) is 13.6. The molecule has 1 saturated heterocycles. The third-order valence-corrected chi connectivity index (χ3v) is 5.54. The smallest absolute Gasteiger partial charge is 0.325 e. The van der Waals surface area contributed by atoms with Gasteiger partial charge in [0.05, 0.1) is 12.8 Å². The molecule has 1 aliphatic heterocycles. The number of carbonyl (C=O) groups is 1. The standard InChI is InChI=1S/C21H22ClN3O3/c1-28-19-5-3-2-4-18(19)24-8-10-25(11-9-24)20(21(26)27)16-13-23-17-7-6-14(22)12-15(16)17/h2-7,12-13,20,23H,8-11H2,1H3,(H,26,27)/t20-/m0/s1. The molecule has 0 spiro atoms. The molecule has 0 bridgehead atoms. The van der Waals surface area contributed by atoms with Gasteiger partial charge in [-0.2, -0.15) is 0 Å². The van der Waals surface area contributed by atoms with Gasteiger partial charge in [0.1, 0.15) is 11.8 Å². The summed E-state index contributed by atoms with van der Waals surface area (Å²) in [4.78, 5) is 19.6. The van der Waals surface area contributed by atoms with Crippen LogP contribution in [0.3, 0.4) is 0 Å². The molecule has 0 radical (unpaired) electrons. The quantitative estimate of drug-likeness (QED) is 0.683. The Balaban J connectivity index is 1.57. The van der Waals surface area contributed by atoms with Gasteiger partial charge in [0, 0.05) is 53.9 Å². The van der Waals surface area contributed by atoms with E-state index < -0.39 is 12.0 Å². The molecular formula is C21H22ClN3O3. The van der Waals surface area contributed by atoms with Crippen LogP contribution in [0.1, 0.15) is 11.6 Å². The number of piperazine rings is 1. The number of aromatic amines is 1. The highest BCUT2D eigenvalue weighted by atomic mass is 35.5. The Labute approximate surface area is 168 Å². The van der Waals surface area contributed by atoms with Crippen LogP contribution in [0.15, 0.2) is 48.7 Å². The van der Waals surface area contributed by atoms with Gasteiger partial charge in [-0.15, -0.1) is 0 Å². The molecule has 28 heavy (non-hydrogen) atoms. The molecule has 1 aromatic heterocycles. The summed E-state index contributed by atoms with van der Waals surface area (Å²) in [5.41, 5.74) is 2.67. The summed E-state index contributed by atoms with van der Waals surface area (Å²) in [6.07, 6.45) is 1.78. The van der Waals surface area contributed by atoms with Crippen molar-refractivity contribution in [1.82, 2.24) is 9.88 Å². The number of para-hydroxylation sites is 2. The van der Waals surface area contributed by atoms with Gasteiger partial charge in [0.2, 0.25) is 0 Å². The summed E-state index contributed by atoms with van der Waals surface area (Å²) < 4.78 is 5.46. The Kier molecular flexibility index (Phi) is 5.15. The zero-order valence-corrected chi connectivity index (χ0v) is 16.3. The highest BCUT2D eigenvalue weighted by Gasteiger charge is 2.32. The van der Waals surface area contributed by atoms with Crippen LogP contribution >= 0.6 is 11.6 Å². The lowest BCUT2D eigenvalue weighted by atomic mass is 10.0. The molecule has 1 aliphatic rings. The Morgan fingerprint density at radius 1 is 1.18 bits per heavy atom. The predicted molar refractivity (Wildman–Crippen MR) is 110 cm³/mol. The lowest BCUT2D eigenvalue weighted by Gasteiger charge is -2.39. The number of ether oxygens (including phenoxy) is 1. The number of rotatable bonds is 5. The highest BCUT2D eigenvalue weighted by Crippen LogP contribution is 2.33. The first-order valence-corrected chi connectivity index (χ1v) is 9.57. The number of hydrogen-bond acceptors (Lipinski definition) is 4. The van der Waals surface area contributed by atoms with Crippen molar-refractivity contribution in [2.75, 3.05) is 38.2 Å². The number of H-pyrrole nitrogens is 1. The lowest BCUT2D eigenvalue weighted by molar-refractivity contribution is -0.143. The van der Waals surface area contributed by atoms with Crippen LogP contribution in [-0.2, 0) is 4.79 Å². The van der Waals surface area contributed by atoms with E-state index >= 15 is 0 Å². The minimum atomic E-state index is -0.855. The second-order valence-corrected chi connectivity index (χ2v) is 7.31. The molecule has 1 fully saturated rings. The molecule has 4 rings (SSSR count). The number of hydrogen-bond donors (Lipinski definition) is 2. The van der Waals surface area contributed by atoms with Gasteiger partial charge in [-0.25, -0.2) is 0 Å². The second-order valence-electron chi connectivity index (χ2n) is 6.87. The third-order valence-electron chi connectivity index (χ3n) is 5.31. The van der Waals surface area contributed by atoms with Gasteiger partial charge in [0.25, 0.3) is 0 Å². The first kappa shape index (κ1) is 18.7. The number of nitrogens with one attached hydrogen (secondary N) is 1. The Hall–Kier alpha value is -2.70. The molecule has 0 saturated carbocycles. The fourth-order valence-electron chi connectivity index (χ4n) is 3.94. The summed E-state index contributed by atoms with van der Waals surface area (Å²) in [5.74, 6) is -0.0244. The fourth-order valence-corrected chi connectivity index (χ4v) is 4.11. The van der Waals surface area contributed by atoms with Crippen LogP contribution in [0.2, 0.25) is 5.02 Å². The molecule has 2 aromatic carbocycles. The van der Waals surface area contributed by atoms with Gasteiger partial charge in [0.15, 0.2) is 0 Å². The van der Waals surface area contributed by atoms with Crippen molar-refractivity contribution in [3.8, 4) is 5.75 Å². The number of halogens is 1. The highest BCUT2D eigenvalue weighted by molar-refractivity contribution is 6.31. The maximum Gasteiger partial charge on any atom is 0.325 e. The molecule has 146 valence electrons. The Morgan fingerprint density at radius 3 is 2.64 bits per heavy atom. The van der Waals surface area contributed by atoms with Crippen LogP contribution in [0.4, 0.5) is 5.69 Å². The molecule has 3 aromatic rings. The molecule has 0 unspecified atom stereocenters. The van der Waals surface area contributed by atoms with Crippen LogP contribution in [0.25, 0.3) is 10.9 Å². The number of benzene rings is 2. The van der Waals surface area contributed by atoms with Gasteiger partial charge in [-0.05, 0) is 30.3 Å². The molecule has 6 nitrogen and oxygen atoms in total. The number of aromatic nitrogens is 1. The van der Waals surface area contributed by atoms with Crippen molar-refractivity contribution >= 4 is 34.2 Å². The molecule has 2 heterocycles. The minimum absolute atomic E-state index is 0.596. The summed E-state index contributed by atoms with van der Waals surface area (Å²) in [6, 6.07) is 12.7. The molecular weight excluding hydrogens is 378 g/mol. The Morgan fingerprint density at radius 2 is 1.93 bits per heavy atom. The number of carboxylic acid groups (broad SMARTS) is 1. The van der Waals surface area contributed by atoms with E-state index in [2.05, 4.69) is 9.88 Å². The molecule has 7 heteroatoms. The summed E-state index contributed by atoms with van der Waals surface area (Å²) in [6.45, 7) is 2.74. The maximum atomic E-state index is 12.2. The van der Waals surface area contributed by atoms with E-state index in [1.54, 1.807) is 19.4 Å². The lowest BCUT2D eigenvalue weighted by Crippen LogP contribution is -2.49. The zero-order valence-electron chi connectivity index (χ0n) is 15.6. The van der Waals surface area contributed by atoms with E-state index in [-0.39, 0.29) is 0 Å². The first-order valence-electron chi connectivity index (χ1n) is 9.20. The molecule has 1 atom stereocenters. The number of fused-ring (bicyclic) bond motifs is 1. The van der Waals surface area contributed by atoms with Gasteiger partial charge in [-0.1, -0.05) is 23.7 Å². The SMILES string of the molecule is COc1ccccc1N1CCN([C@H](C(=O)O)c2c[nH]c3ccc(Cl)cc23)CC1. The number of nitrogens with zero attached hydrogens (tertiary/aromatic N) is 2. The van der Waals surface area contributed by atoms with Crippen LogP contribution in [0, 0.1) is 0 Å². The van der Waals surface area contributed by atoms with E-state index in [9.17, 15) is 9.90 Å². The monoisotopic (exact) mass is 399 g/mol. The van der Waals surface area contributed by atoms with E-state index in [0.29, 0.717) is 18.1 Å². The molecule has 2 N–H and O–H groups in total. The number of aliphatic carboxylic acids is 1. The minimum Gasteiger partial charge on any atom is -0.495 e. The van der Waals surface area contributed by atoms with Gasteiger partial charge < -0.3 is 19.7 Å². The van der Waals surface area contributed by atoms with Crippen LogP contribution < -0.4 is 9.64 Å². The van der Waals surface area contributed by atoms with E-state index in [0.717, 1.165) is 41.0 Å². The summed E-state index contributed by atoms with van der Waals surface area (Å²) in [7, 11) is 1.66. The normalized spacial score (nSPS) is 16.3. The topological polar surface area (TPSA) is 68.8 Å². The largest absolute Gasteiger partial charge is 0.495 e. The number of methoxy groups -OCH3 is 1. The summed E-state index contributed by atoms with van der Waals surface area (Å²) in [5, 5.41) is 11.4. The Bertz CT molecular complexity index is 995. The van der Waals surface area contributed by atoms with Crippen molar-refractivity contribution in [1.29, 1.82) is 0 Å². The fraction of sp³-hybridized carbons (Fsp3) is 0.286. The molecule has 0 amide bonds. The molecule has 0 aliphatic carbocycles. The van der Waals surface area contributed by atoms with Crippen molar-refractivity contribution in [3.05, 3.63) is 59.2 Å². The average molecular weight is 400 g/mol. The number of anilines is 1. The van der Waals surface area contributed by atoms with Crippen molar-refractivity contribution < 1.29 is 14.6 Å². The zero-order chi connectivity index (χ0) is 19.7. The third kappa shape index (κ3) is 3.41. The maximum absolute atomic E-state index is 12.2. The van der Waals surface area contributed by atoms with Crippen LogP contribution in [-0.4, -0.2) is 54.2 Å². The second kappa shape index (κ2) is 7.73. The van der Waals surface area contributed by atoms with Crippen molar-refractivity contribution in [3.63, 3.8) is 0 Å². The van der Waals surface area contributed by atoms with Gasteiger partial charge >= 0.3 is 5.97 Å². The van der Waals surface area contributed by atoms with Gasteiger partial charge in [-0.3, -0.25) is 9.69 Å². The van der Waals surface area contributed by atoms with E-state index in [4.69, 9.17) is 16.3 Å². The van der Waals surface area contributed by atoms with Crippen molar-refractivity contribution in [2.45, 2.75) is 6.04 Å². The van der Waals surface area contributed by atoms with E-state index in [1.807, 2.05) is 41.3 Å². The predicted octanol–water partition coefficient (Wildman–Crippen LogP) is 3.78. The number of carboxylic acids is 1. The van der Waals surface area contributed by atoms with E-state index in [1.165, 1.54) is 0 Å². The van der Waals surface area contributed by atoms with Crippen LogP contribution in [0.5, 0.6) is 5.75 Å².